The monoisotopic (exact) mass is 296 g/mol. The molecule has 1 aromatic carbocycles. The number of benzene rings is 1. The molecule has 2 unspecified atom stereocenters. The van der Waals surface area contributed by atoms with Crippen LogP contribution in [0.25, 0.3) is 0 Å². The van der Waals surface area contributed by atoms with E-state index in [1.165, 1.54) is 0 Å². The van der Waals surface area contributed by atoms with Crippen LogP contribution in [0.1, 0.15) is 19.4 Å². The summed E-state index contributed by atoms with van der Waals surface area (Å²) in [5.41, 5.74) is 4.33. The number of hydrogen-bond acceptors (Lipinski definition) is 5. The normalized spacial score (nSPS) is 17.0. The predicted molar refractivity (Wildman–Crippen MR) is 79.6 cm³/mol. The minimum Gasteiger partial charge on any atom is -0.478 e. The Morgan fingerprint density at radius 2 is 2.00 bits per heavy atom. The Hall–Kier alpha value is -1.47. The highest BCUT2D eigenvalue weighted by Crippen LogP contribution is 2.24. The first-order chi connectivity index (χ1) is 9.92. The van der Waals surface area contributed by atoms with Crippen LogP contribution < -0.4 is 11.1 Å². The van der Waals surface area contributed by atoms with Gasteiger partial charge in [-0.15, -0.1) is 0 Å². The number of aliphatic carboxylic acids is 1. The molecule has 0 aliphatic carbocycles. The lowest BCUT2D eigenvalue weighted by molar-refractivity contribution is -0.176. The van der Waals surface area contributed by atoms with Gasteiger partial charge in [-0.1, -0.05) is 37.3 Å². The van der Waals surface area contributed by atoms with Gasteiger partial charge in [-0.05, 0) is 19.4 Å². The van der Waals surface area contributed by atoms with Gasteiger partial charge in [0.1, 0.15) is 0 Å². The number of aliphatic hydroxyl groups excluding tert-OH is 1. The molecular formula is C15H24N2O4. The van der Waals surface area contributed by atoms with Crippen molar-refractivity contribution >= 4 is 5.97 Å². The Kier molecular flexibility index (Phi) is 6.77. The summed E-state index contributed by atoms with van der Waals surface area (Å²) in [7, 11) is 0. The fraction of sp³-hybridized carbons (Fsp3) is 0.533. The highest BCUT2D eigenvalue weighted by molar-refractivity contribution is 5.79. The van der Waals surface area contributed by atoms with Gasteiger partial charge in [0.2, 0.25) is 5.72 Å². The van der Waals surface area contributed by atoms with Crippen LogP contribution in [0, 0.1) is 5.92 Å². The van der Waals surface area contributed by atoms with Crippen molar-refractivity contribution in [2.45, 2.75) is 25.7 Å². The van der Waals surface area contributed by atoms with Gasteiger partial charge in [0.25, 0.3) is 0 Å². The number of nitrogens with two attached hydrogens (primary N) is 1. The molecule has 0 amide bonds. The first kappa shape index (κ1) is 17.6. The summed E-state index contributed by atoms with van der Waals surface area (Å²) in [4.78, 5) is 11.8. The quantitative estimate of drug-likeness (QED) is 0.495. The molecule has 21 heavy (non-hydrogen) atoms. The van der Waals surface area contributed by atoms with Crippen LogP contribution in [-0.4, -0.2) is 42.0 Å². The maximum atomic E-state index is 11.8. The number of carboxylic acids is 1. The second-order valence-electron chi connectivity index (χ2n) is 5.23. The van der Waals surface area contributed by atoms with Crippen molar-refractivity contribution in [1.29, 1.82) is 0 Å². The van der Waals surface area contributed by atoms with E-state index in [0.717, 1.165) is 0 Å². The summed E-state index contributed by atoms with van der Waals surface area (Å²) >= 11 is 0. The number of ether oxygens (including phenoxy) is 1. The van der Waals surface area contributed by atoms with E-state index in [2.05, 4.69) is 5.32 Å². The number of rotatable bonds is 9. The highest BCUT2D eigenvalue weighted by Gasteiger charge is 2.42. The third-order valence-electron chi connectivity index (χ3n) is 3.11. The van der Waals surface area contributed by atoms with Crippen molar-refractivity contribution in [3.63, 3.8) is 0 Å². The molecule has 0 saturated heterocycles. The second kappa shape index (κ2) is 8.09. The van der Waals surface area contributed by atoms with Gasteiger partial charge in [-0.2, -0.15) is 0 Å². The number of carboxylic acid groups (broad SMARTS) is 1. The lowest BCUT2D eigenvalue weighted by Gasteiger charge is -2.32. The first-order valence-corrected chi connectivity index (χ1v) is 6.98. The molecule has 1 rings (SSSR count). The van der Waals surface area contributed by atoms with Crippen LogP contribution in [0.2, 0.25) is 0 Å². The Morgan fingerprint density at radius 1 is 1.38 bits per heavy atom. The van der Waals surface area contributed by atoms with Gasteiger partial charge in [-0.3, -0.25) is 5.32 Å². The largest absolute Gasteiger partial charge is 0.478 e. The van der Waals surface area contributed by atoms with E-state index < -0.39 is 17.8 Å². The third kappa shape index (κ3) is 4.78. The molecule has 0 bridgehead atoms. The maximum absolute atomic E-state index is 11.8. The van der Waals surface area contributed by atoms with Gasteiger partial charge < -0.3 is 20.7 Å². The van der Waals surface area contributed by atoms with Crippen LogP contribution in [0.4, 0.5) is 0 Å². The molecule has 6 nitrogen and oxygen atoms in total. The molecule has 0 saturated carbocycles. The van der Waals surface area contributed by atoms with Crippen LogP contribution >= 0.6 is 0 Å². The molecule has 0 heterocycles. The van der Waals surface area contributed by atoms with Crippen molar-refractivity contribution in [1.82, 2.24) is 5.32 Å². The molecule has 3 atom stereocenters. The molecule has 1 aromatic rings. The molecule has 5 N–H and O–H groups in total. The standard InChI is InChI=1S/C15H24N2O4/c1-11(8-16)10-21-15(14(19)20,17-9-12(2)18)13-6-4-3-5-7-13/h3-7,11-12,17-18H,8-10,16H2,1-2H3,(H,19,20)/t11?,12?,15-/m0/s1. The summed E-state index contributed by atoms with van der Waals surface area (Å²) in [6, 6.07) is 8.64. The van der Waals surface area contributed by atoms with Crippen molar-refractivity contribution in [2.24, 2.45) is 11.7 Å². The smallest absolute Gasteiger partial charge is 0.356 e. The summed E-state index contributed by atoms with van der Waals surface area (Å²) in [6.45, 7) is 4.16. The summed E-state index contributed by atoms with van der Waals surface area (Å²) in [5, 5.41) is 21.9. The Morgan fingerprint density at radius 3 is 2.48 bits per heavy atom. The molecule has 6 heteroatoms. The average Bonchev–Trinajstić information content (AvgIpc) is 2.47. The number of aliphatic hydroxyl groups is 1. The van der Waals surface area contributed by atoms with E-state index in [9.17, 15) is 15.0 Å². The van der Waals surface area contributed by atoms with Gasteiger partial charge in [0.05, 0.1) is 12.7 Å². The molecule has 0 fully saturated rings. The van der Waals surface area contributed by atoms with Crippen molar-refractivity contribution in [3.8, 4) is 0 Å². The third-order valence-corrected chi connectivity index (χ3v) is 3.11. The number of carbonyl (C=O) groups is 1. The van der Waals surface area contributed by atoms with Gasteiger partial charge in [0.15, 0.2) is 0 Å². The molecule has 0 spiro atoms. The zero-order chi connectivity index (χ0) is 15.9. The van der Waals surface area contributed by atoms with Crippen molar-refractivity contribution in [3.05, 3.63) is 35.9 Å². The first-order valence-electron chi connectivity index (χ1n) is 6.98. The topological polar surface area (TPSA) is 105 Å². The lowest BCUT2D eigenvalue weighted by Crippen LogP contribution is -2.54. The highest BCUT2D eigenvalue weighted by atomic mass is 16.5. The average molecular weight is 296 g/mol. The SMILES string of the molecule is CC(O)CN[C@@](OCC(C)CN)(C(=O)O)c1ccccc1. The molecule has 0 aromatic heterocycles. The number of nitrogens with one attached hydrogen (secondary N) is 1. The Bertz CT molecular complexity index is 439. The van der Waals surface area contributed by atoms with Crippen LogP contribution in [-0.2, 0) is 15.3 Å². The zero-order valence-corrected chi connectivity index (χ0v) is 12.5. The summed E-state index contributed by atoms with van der Waals surface area (Å²) in [5.74, 6) is -1.13. The van der Waals surface area contributed by atoms with E-state index in [4.69, 9.17) is 10.5 Å². The summed E-state index contributed by atoms with van der Waals surface area (Å²) in [6.07, 6.45) is -0.692. The fourth-order valence-corrected chi connectivity index (χ4v) is 1.80. The Labute approximate surface area is 124 Å². The minimum absolute atomic E-state index is 0.0285. The molecule has 118 valence electrons. The van der Waals surface area contributed by atoms with Crippen molar-refractivity contribution < 1.29 is 19.7 Å². The number of hydrogen-bond donors (Lipinski definition) is 4. The van der Waals surface area contributed by atoms with Gasteiger partial charge >= 0.3 is 5.97 Å². The predicted octanol–water partition coefficient (Wildman–Crippen LogP) is 0.506. The van der Waals surface area contributed by atoms with Crippen LogP contribution in [0.5, 0.6) is 0 Å². The van der Waals surface area contributed by atoms with E-state index in [1.54, 1.807) is 37.3 Å². The lowest BCUT2D eigenvalue weighted by atomic mass is 10.0. The zero-order valence-electron chi connectivity index (χ0n) is 12.5. The van der Waals surface area contributed by atoms with E-state index in [-0.39, 0.29) is 19.1 Å². The Balaban J connectivity index is 3.07. The maximum Gasteiger partial charge on any atom is 0.356 e. The summed E-state index contributed by atoms with van der Waals surface area (Å²) < 4.78 is 5.68. The molecule has 0 aliphatic heterocycles. The molecule has 0 aliphatic rings. The van der Waals surface area contributed by atoms with Gasteiger partial charge in [0, 0.05) is 12.1 Å². The van der Waals surface area contributed by atoms with Crippen LogP contribution in [0.3, 0.4) is 0 Å². The molecular weight excluding hydrogens is 272 g/mol. The van der Waals surface area contributed by atoms with E-state index in [1.807, 2.05) is 6.92 Å². The van der Waals surface area contributed by atoms with Crippen LogP contribution in [0.15, 0.2) is 30.3 Å². The molecule has 0 radical (unpaired) electrons. The van der Waals surface area contributed by atoms with E-state index >= 15 is 0 Å². The van der Waals surface area contributed by atoms with Crippen molar-refractivity contribution in [2.75, 3.05) is 19.7 Å². The van der Waals surface area contributed by atoms with Gasteiger partial charge in [-0.25, -0.2) is 4.79 Å². The second-order valence-corrected chi connectivity index (χ2v) is 5.23. The minimum atomic E-state index is -1.69. The fourth-order valence-electron chi connectivity index (χ4n) is 1.80. The van der Waals surface area contributed by atoms with E-state index in [0.29, 0.717) is 12.1 Å².